The molecular weight excluding hydrogens is 218 g/mol. The van der Waals surface area contributed by atoms with Crippen LogP contribution < -0.4 is 0 Å². The number of aliphatic carboxylic acids is 1. The Kier molecular flexibility index (Phi) is 3.23. The van der Waals surface area contributed by atoms with E-state index in [-0.39, 0.29) is 6.42 Å². The highest BCUT2D eigenvalue weighted by molar-refractivity contribution is 5.69. The first-order valence-corrected chi connectivity index (χ1v) is 5.39. The minimum atomic E-state index is -0.830. The first kappa shape index (κ1) is 11.4. The maximum atomic E-state index is 10.5. The summed E-state index contributed by atoms with van der Waals surface area (Å²) < 4.78 is 4.93. The molecule has 0 aliphatic carbocycles. The van der Waals surface area contributed by atoms with E-state index in [2.05, 4.69) is 5.16 Å². The highest BCUT2D eigenvalue weighted by Gasteiger charge is 2.11. The summed E-state index contributed by atoms with van der Waals surface area (Å²) in [6, 6.07) is 7.95. The second-order valence-electron chi connectivity index (χ2n) is 3.94. The van der Waals surface area contributed by atoms with E-state index in [1.165, 1.54) is 0 Å². The molecule has 4 heteroatoms. The monoisotopic (exact) mass is 231 g/mol. The summed E-state index contributed by atoms with van der Waals surface area (Å²) in [4.78, 5) is 10.5. The summed E-state index contributed by atoms with van der Waals surface area (Å²) in [7, 11) is 0. The fourth-order valence-electron chi connectivity index (χ4n) is 1.71. The van der Waals surface area contributed by atoms with Crippen LogP contribution in [0.2, 0.25) is 0 Å². The number of hydrogen-bond acceptors (Lipinski definition) is 3. The van der Waals surface area contributed by atoms with Crippen molar-refractivity contribution in [3.8, 4) is 11.1 Å². The van der Waals surface area contributed by atoms with Crippen molar-refractivity contribution in [2.24, 2.45) is 0 Å². The molecule has 0 spiro atoms. The molecule has 0 radical (unpaired) electrons. The number of hydrogen-bond donors (Lipinski definition) is 1. The van der Waals surface area contributed by atoms with Crippen molar-refractivity contribution in [1.82, 2.24) is 5.16 Å². The molecule has 1 N–H and O–H groups in total. The van der Waals surface area contributed by atoms with E-state index in [9.17, 15) is 4.79 Å². The maximum absolute atomic E-state index is 10.5. The van der Waals surface area contributed by atoms with Crippen molar-refractivity contribution in [3.63, 3.8) is 0 Å². The molecular formula is C13H13NO3. The Morgan fingerprint density at radius 3 is 3.00 bits per heavy atom. The van der Waals surface area contributed by atoms with E-state index in [1.54, 1.807) is 6.26 Å². The largest absolute Gasteiger partial charge is 0.481 e. The first-order chi connectivity index (χ1) is 8.16. The van der Waals surface area contributed by atoms with Crippen LogP contribution in [0.1, 0.15) is 17.7 Å². The van der Waals surface area contributed by atoms with Gasteiger partial charge in [-0.25, -0.2) is 0 Å². The lowest BCUT2D eigenvalue weighted by Gasteiger charge is -2.01. The molecule has 1 aromatic heterocycles. The summed E-state index contributed by atoms with van der Waals surface area (Å²) >= 11 is 0. The third-order valence-corrected chi connectivity index (χ3v) is 2.55. The predicted molar refractivity (Wildman–Crippen MR) is 62.6 cm³/mol. The van der Waals surface area contributed by atoms with Crippen LogP contribution >= 0.6 is 0 Å². The van der Waals surface area contributed by atoms with Crippen LogP contribution in [0.5, 0.6) is 0 Å². The minimum Gasteiger partial charge on any atom is -0.481 e. The van der Waals surface area contributed by atoms with Crippen LogP contribution in [-0.4, -0.2) is 16.2 Å². The molecule has 0 unspecified atom stereocenters. The highest BCUT2D eigenvalue weighted by Crippen LogP contribution is 2.24. The lowest BCUT2D eigenvalue weighted by molar-refractivity contribution is -0.136. The number of aryl methyl sites for hydroxylation is 2. The zero-order valence-electron chi connectivity index (χ0n) is 9.51. The maximum Gasteiger partial charge on any atom is 0.303 e. The van der Waals surface area contributed by atoms with Gasteiger partial charge in [0.1, 0.15) is 6.26 Å². The van der Waals surface area contributed by atoms with Crippen LogP contribution in [0.25, 0.3) is 11.1 Å². The first-order valence-electron chi connectivity index (χ1n) is 5.39. The molecule has 88 valence electrons. The van der Waals surface area contributed by atoms with Crippen LogP contribution in [0.4, 0.5) is 0 Å². The van der Waals surface area contributed by atoms with Gasteiger partial charge in [-0.15, -0.1) is 0 Å². The van der Waals surface area contributed by atoms with Crippen molar-refractivity contribution >= 4 is 5.97 Å². The molecule has 1 aromatic carbocycles. The second-order valence-corrected chi connectivity index (χ2v) is 3.94. The molecule has 0 fully saturated rings. The Hall–Kier alpha value is -2.10. The van der Waals surface area contributed by atoms with Gasteiger partial charge in [0, 0.05) is 12.0 Å². The Labute approximate surface area is 98.9 Å². The van der Waals surface area contributed by atoms with Gasteiger partial charge in [0.05, 0.1) is 12.1 Å². The van der Waals surface area contributed by atoms with Crippen molar-refractivity contribution in [3.05, 3.63) is 41.8 Å². The number of carbonyl (C=O) groups is 1. The van der Waals surface area contributed by atoms with Gasteiger partial charge in [0.25, 0.3) is 0 Å². The smallest absolute Gasteiger partial charge is 0.303 e. The van der Waals surface area contributed by atoms with E-state index in [0.29, 0.717) is 12.1 Å². The minimum absolute atomic E-state index is 0.0609. The molecule has 17 heavy (non-hydrogen) atoms. The molecule has 2 rings (SSSR count). The van der Waals surface area contributed by atoms with Gasteiger partial charge in [-0.05, 0) is 12.5 Å². The van der Waals surface area contributed by atoms with E-state index in [0.717, 1.165) is 16.7 Å². The fraction of sp³-hybridized carbons (Fsp3) is 0.231. The lowest BCUT2D eigenvalue weighted by atomic mass is 10.0. The lowest BCUT2D eigenvalue weighted by Crippen LogP contribution is -1.98. The predicted octanol–water partition coefficient (Wildman–Crippen LogP) is 2.67. The van der Waals surface area contributed by atoms with Crippen molar-refractivity contribution < 1.29 is 14.4 Å². The molecule has 4 nitrogen and oxygen atoms in total. The number of carboxylic acids is 1. The van der Waals surface area contributed by atoms with E-state index < -0.39 is 5.97 Å². The number of carboxylic acid groups (broad SMARTS) is 1. The molecule has 0 atom stereocenters. The highest BCUT2D eigenvalue weighted by atomic mass is 16.5. The fourth-order valence-corrected chi connectivity index (χ4v) is 1.71. The standard InChI is InChI=1S/C13H13NO3/c1-9-3-2-4-10(7-9)11-8-17-14-12(11)5-6-13(15)16/h2-4,7-8H,5-6H2,1H3,(H,15,16). The van der Waals surface area contributed by atoms with Gasteiger partial charge in [0.15, 0.2) is 0 Å². The van der Waals surface area contributed by atoms with Crippen LogP contribution in [-0.2, 0) is 11.2 Å². The van der Waals surface area contributed by atoms with E-state index in [1.807, 2.05) is 31.2 Å². The number of nitrogens with zero attached hydrogens (tertiary/aromatic N) is 1. The molecule has 0 aliphatic heterocycles. The van der Waals surface area contributed by atoms with Gasteiger partial charge >= 0.3 is 5.97 Å². The van der Waals surface area contributed by atoms with Gasteiger partial charge in [-0.2, -0.15) is 0 Å². The number of rotatable bonds is 4. The van der Waals surface area contributed by atoms with Crippen molar-refractivity contribution in [2.75, 3.05) is 0 Å². The Bertz CT molecular complexity index is 531. The topological polar surface area (TPSA) is 63.3 Å². The summed E-state index contributed by atoms with van der Waals surface area (Å²) in [6.45, 7) is 2.01. The summed E-state index contributed by atoms with van der Waals surface area (Å²) in [5.74, 6) is -0.830. The third-order valence-electron chi connectivity index (χ3n) is 2.55. The van der Waals surface area contributed by atoms with Gasteiger partial charge in [-0.3, -0.25) is 4.79 Å². The molecule has 0 saturated heterocycles. The Morgan fingerprint density at radius 1 is 1.47 bits per heavy atom. The van der Waals surface area contributed by atoms with Gasteiger partial charge in [0.2, 0.25) is 0 Å². The number of aromatic nitrogens is 1. The molecule has 0 saturated carbocycles. The van der Waals surface area contributed by atoms with Gasteiger partial charge in [-0.1, -0.05) is 35.0 Å². The molecule has 0 bridgehead atoms. The molecule has 0 amide bonds. The van der Waals surface area contributed by atoms with Gasteiger partial charge < -0.3 is 9.63 Å². The van der Waals surface area contributed by atoms with Crippen molar-refractivity contribution in [2.45, 2.75) is 19.8 Å². The van der Waals surface area contributed by atoms with E-state index >= 15 is 0 Å². The summed E-state index contributed by atoms with van der Waals surface area (Å²) in [6.07, 6.45) is 2.01. The van der Waals surface area contributed by atoms with Crippen LogP contribution in [0.15, 0.2) is 35.1 Å². The molecule has 0 aliphatic rings. The average molecular weight is 231 g/mol. The molecule has 2 aromatic rings. The van der Waals surface area contributed by atoms with Crippen LogP contribution in [0, 0.1) is 6.92 Å². The Balaban J connectivity index is 2.27. The van der Waals surface area contributed by atoms with E-state index in [4.69, 9.17) is 9.63 Å². The second kappa shape index (κ2) is 4.82. The summed E-state index contributed by atoms with van der Waals surface area (Å²) in [5, 5.41) is 12.5. The zero-order valence-corrected chi connectivity index (χ0v) is 9.51. The molecule has 1 heterocycles. The third kappa shape index (κ3) is 2.72. The SMILES string of the molecule is Cc1cccc(-c2conc2CCC(=O)O)c1. The summed E-state index contributed by atoms with van der Waals surface area (Å²) in [5.41, 5.74) is 3.72. The number of benzene rings is 1. The normalized spacial score (nSPS) is 10.4. The quantitative estimate of drug-likeness (QED) is 0.878. The Morgan fingerprint density at radius 2 is 2.29 bits per heavy atom. The van der Waals surface area contributed by atoms with Crippen LogP contribution in [0.3, 0.4) is 0 Å². The zero-order chi connectivity index (χ0) is 12.3. The van der Waals surface area contributed by atoms with Crippen molar-refractivity contribution in [1.29, 1.82) is 0 Å². The average Bonchev–Trinajstić information content (AvgIpc) is 2.74.